The highest BCUT2D eigenvalue weighted by molar-refractivity contribution is 6.14. The summed E-state index contributed by atoms with van der Waals surface area (Å²) in [6, 6.07) is 0. The van der Waals surface area contributed by atoms with Gasteiger partial charge in [-0.05, 0) is 0 Å². The normalized spacial score (nSPS) is 24.2. The molecular weight excluding hydrogens is 302 g/mol. The molecule has 0 radical (unpaired) electrons. The summed E-state index contributed by atoms with van der Waals surface area (Å²) < 4.78 is 7.39. The Morgan fingerprint density at radius 3 is 2.83 bits per heavy atom. The first-order valence-electron chi connectivity index (χ1n) is 6.98. The molecule has 124 valence electrons. The topological polar surface area (TPSA) is 200 Å². The largest absolute Gasteiger partial charge is 0.390 e. The van der Waals surface area contributed by atoms with Crippen LogP contribution in [0, 0.1) is 5.41 Å². The lowest BCUT2D eigenvalue weighted by atomic mass is 10.2. The molecule has 0 aliphatic carbocycles. The van der Waals surface area contributed by atoms with E-state index in [2.05, 4.69) is 15.4 Å². The van der Waals surface area contributed by atoms with Crippen LogP contribution in [0.4, 0.5) is 11.6 Å². The fraction of sp³-hybridized carbons (Fsp3) is 0.417. The number of nitrogens with zero attached hydrogens (tertiary/aromatic N) is 3. The van der Waals surface area contributed by atoms with E-state index in [1.54, 1.807) is 4.57 Å². The van der Waals surface area contributed by atoms with Crippen molar-refractivity contribution in [2.24, 2.45) is 17.3 Å². The molecule has 0 saturated carbocycles. The van der Waals surface area contributed by atoms with Gasteiger partial charge in [0.15, 0.2) is 0 Å². The Bertz CT molecular complexity index is 759. The second kappa shape index (κ2) is 5.62. The molecule has 3 heterocycles. The molecule has 11 nitrogen and oxygen atoms in total. The van der Waals surface area contributed by atoms with Crippen LogP contribution in [0.1, 0.15) is 18.2 Å². The van der Waals surface area contributed by atoms with Gasteiger partial charge in [-0.1, -0.05) is 0 Å². The number of nitrogens with two attached hydrogens (primary N) is 4. The van der Waals surface area contributed by atoms with Crippen LogP contribution in [0.5, 0.6) is 0 Å². The molecule has 1 fully saturated rings. The molecule has 0 bridgehead atoms. The highest BCUT2D eigenvalue weighted by Crippen LogP contribution is 2.38. The molecule has 0 unspecified atom stereocenters. The molecule has 3 atom stereocenters. The predicted octanol–water partition coefficient (Wildman–Crippen LogP) is -1.81. The van der Waals surface area contributed by atoms with Crippen molar-refractivity contribution >= 4 is 28.5 Å². The Labute approximate surface area is 131 Å². The van der Waals surface area contributed by atoms with E-state index in [1.165, 1.54) is 6.33 Å². The lowest BCUT2D eigenvalue weighted by Gasteiger charge is -2.18. The number of aliphatic hydroxyl groups is 1. The van der Waals surface area contributed by atoms with E-state index in [1.807, 2.05) is 0 Å². The maximum Gasteiger partial charge on any atom is 0.150 e. The zero-order valence-electron chi connectivity index (χ0n) is 12.2. The van der Waals surface area contributed by atoms with E-state index in [4.69, 9.17) is 33.2 Å². The second-order valence-corrected chi connectivity index (χ2v) is 5.28. The van der Waals surface area contributed by atoms with Gasteiger partial charge in [0, 0.05) is 13.0 Å². The Balaban J connectivity index is 2.25. The first-order valence-corrected chi connectivity index (χ1v) is 6.98. The molecule has 1 aliphatic heterocycles. The van der Waals surface area contributed by atoms with Gasteiger partial charge in [0.2, 0.25) is 0 Å². The summed E-state index contributed by atoms with van der Waals surface area (Å²) in [5.41, 5.74) is 20.4. The van der Waals surface area contributed by atoms with Crippen LogP contribution >= 0.6 is 0 Å². The summed E-state index contributed by atoms with van der Waals surface area (Å²) >= 11 is 0. The summed E-state index contributed by atoms with van der Waals surface area (Å²) in [6.07, 6.45) is -0.197. The number of hydrogen-bond donors (Lipinski definition) is 7. The Hall–Kier alpha value is -2.47. The van der Waals surface area contributed by atoms with Crippen molar-refractivity contribution in [2.75, 3.05) is 17.7 Å². The summed E-state index contributed by atoms with van der Waals surface area (Å²) in [7, 11) is 0. The zero-order chi connectivity index (χ0) is 16.7. The van der Waals surface area contributed by atoms with Gasteiger partial charge in [0.25, 0.3) is 0 Å². The van der Waals surface area contributed by atoms with Gasteiger partial charge < -0.3 is 32.5 Å². The number of ether oxygens (including phenoxy) is 1. The van der Waals surface area contributed by atoms with Crippen molar-refractivity contribution in [1.29, 1.82) is 5.41 Å². The average molecular weight is 321 g/mol. The summed E-state index contributed by atoms with van der Waals surface area (Å²) in [4.78, 5) is 8.14. The van der Waals surface area contributed by atoms with Crippen LogP contribution in [0.15, 0.2) is 6.33 Å². The van der Waals surface area contributed by atoms with Crippen molar-refractivity contribution in [2.45, 2.75) is 24.9 Å². The number of hydrogen-bond acceptors (Lipinski definition) is 9. The van der Waals surface area contributed by atoms with Crippen molar-refractivity contribution in [1.82, 2.24) is 14.5 Å². The molecule has 2 aromatic rings. The minimum absolute atomic E-state index is 0.171. The summed E-state index contributed by atoms with van der Waals surface area (Å²) in [5.74, 6) is 5.86. The van der Waals surface area contributed by atoms with Crippen LogP contribution in [-0.4, -0.2) is 44.2 Å². The Kier molecular flexibility index (Phi) is 3.77. The number of rotatable bonds is 4. The number of hydrazine groups is 1. The van der Waals surface area contributed by atoms with Gasteiger partial charge >= 0.3 is 0 Å². The lowest BCUT2D eigenvalue weighted by molar-refractivity contribution is -0.0104. The average Bonchev–Trinajstić information content (AvgIpc) is 3.05. The van der Waals surface area contributed by atoms with Crippen LogP contribution in [0.2, 0.25) is 0 Å². The molecule has 2 aromatic heterocycles. The number of nitrogens with one attached hydrogen (secondary N) is 2. The van der Waals surface area contributed by atoms with E-state index in [0.29, 0.717) is 23.3 Å². The van der Waals surface area contributed by atoms with E-state index >= 15 is 0 Å². The van der Waals surface area contributed by atoms with Crippen LogP contribution in [-0.2, 0) is 4.74 Å². The van der Waals surface area contributed by atoms with Crippen molar-refractivity contribution in [3.05, 3.63) is 11.9 Å². The molecule has 3 rings (SSSR count). The minimum Gasteiger partial charge on any atom is -0.390 e. The van der Waals surface area contributed by atoms with E-state index < -0.39 is 18.4 Å². The third-order valence-electron chi connectivity index (χ3n) is 3.94. The highest BCUT2D eigenvalue weighted by atomic mass is 16.5. The van der Waals surface area contributed by atoms with Crippen molar-refractivity contribution < 1.29 is 9.84 Å². The quantitative estimate of drug-likeness (QED) is 0.147. The van der Waals surface area contributed by atoms with Gasteiger partial charge in [-0.3, -0.25) is 9.98 Å². The number of fused-ring (bicyclic) bond motifs is 1. The third-order valence-corrected chi connectivity index (χ3v) is 3.94. The fourth-order valence-electron chi connectivity index (χ4n) is 2.93. The zero-order valence-corrected chi connectivity index (χ0v) is 12.2. The van der Waals surface area contributed by atoms with E-state index in [0.717, 1.165) is 0 Å². The number of aromatic nitrogens is 3. The maximum atomic E-state index is 10.0. The number of nitrogen functional groups attached to an aromatic ring is 3. The van der Waals surface area contributed by atoms with Gasteiger partial charge in [-0.15, -0.1) is 0 Å². The molecule has 0 spiro atoms. The van der Waals surface area contributed by atoms with Crippen molar-refractivity contribution in [3.63, 3.8) is 0 Å². The molecule has 11 heteroatoms. The number of anilines is 2. The summed E-state index contributed by atoms with van der Waals surface area (Å²) in [6.45, 7) is 0.180. The third kappa shape index (κ3) is 2.26. The Morgan fingerprint density at radius 2 is 2.26 bits per heavy atom. The first-order chi connectivity index (χ1) is 11.0. The van der Waals surface area contributed by atoms with Crippen LogP contribution in [0.3, 0.4) is 0 Å². The SMILES string of the molecule is N=C(N)c1c(NN)n([C@H]2C[C@H](O)[C@@H](CN)O2)c2ncnc(N)c12. The van der Waals surface area contributed by atoms with Gasteiger partial charge in [0.1, 0.15) is 35.7 Å². The summed E-state index contributed by atoms with van der Waals surface area (Å²) in [5, 5.41) is 18.2. The highest BCUT2D eigenvalue weighted by Gasteiger charge is 2.37. The molecule has 23 heavy (non-hydrogen) atoms. The minimum atomic E-state index is -0.715. The molecule has 1 saturated heterocycles. The van der Waals surface area contributed by atoms with E-state index in [9.17, 15) is 5.11 Å². The van der Waals surface area contributed by atoms with E-state index in [-0.39, 0.29) is 23.8 Å². The molecule has 0 aromatic carbocycles. The standard InChI is InChI=1S/C12H19N9O2/c13-2-5-4(22)1-6(23-5)21-11-8(10(16)18-3-19-11)7(9(14)15)12(21)20-17/h3-6,20,22H,1-2,13,17H2,(H3,14,15)(H2,16,18,19)/t4-,5+,6+/m0/s1. The molecule has 0 amide bonds. The number of amidine groups is 1. The lowest BCUT2D eigenvalue weighted by Crippen LogP contribution is -2.29. The molecule has 11 N–H and O–H groups in total. The Morgan fingerprint density at radius 1 is 1.52 bits per heavy atom. The monoisotopic (exact) mass is 321 g/mol. The first kappa shape index (κ1) is 15.4. The van der Waals surface area contributed by atoms with Gasteiger partial charge in [-0.2, -0.15) is 0 Å². The fourth-order valence-corrected chi connectivity index (χ4v) is 2.93. The van der Waals surface area contributed by atoms with Crippen molar-refractivity contribution in [3.8, 4) is 0 Å². The van der Waals surface area contributed by atoms with Crippen LogP contribution < -0.4 is 28.5 Å². The molecular formula is C12H19N9O2. The van der Waals surface area contributed by atoms with Crippen LogP contribution in [0.25, 0.3) is 11.0 Å². The smallest absolute Gasteiger partial charge is 0.150 e. The molecule has 1 aliphatic rings. The number of aliphatic hydroxyl groups excluding tert-OH is 1. The predicted molar refractivity (Wildman–Crippen MR) is 84.4 cm³/mol. The van der Waals surface area contributed by atoms with Gasteiger partial charge in [0.05, 0.1) is 23.2 Å². The van der Waals surface area contributed by atoms with Gasteiger partial charge in [-0.25, -0.2) is 15.8 Å². The maximum absolute atomic E-state index is 10.0. The second-order valence-electron chi connectivity index (χ2n) is 5.28.